The number of anilines is 2. The summed E-state index contributed by atoms with van der Waals surface area (Å²) in [4.78, 5) is 0. The molecule has 0 radical (unpaired) electrons. The standard InChI is InChI=1S/C45H33N/c1-45(2)41-19-11-10-18-38(41)39-26-27-42(46-32-23-20-30(21-24-32)29-12-4-3-5-13-29)43(44(39)45)31-22-25-37-35-16-7-6-14-33(35)34-15-8-9-17-36(34)40(37)28-31/h3-28,46H,1-2H3. The van der Waals surface area contributed by atoms with Gasteiger partial charge in [0, 0.05) is 22.4 Å². The van der Waals surface area contributed by atoms with Crippen LogP contribution in [-0.2, 0) is 5.41 Å². The molecule has 0 spiro atoms. The first-order valence-corrected chi connectivity index (χ1v) is 16.1. The maximum absolute atomic E-state index is 3.86. The zero-order valence-corrected chi connectivity index (χ0v) is 26.0. The van der Waals surface area contributed by atoms with E-state index in [1.165, 1.54) is 76.8 Å². The minimum absolute atomic E-state index is 0.156. The van der Waals surface area contributed by atoms with E-state index in [0.29, 0.717) is 0 Å². The van der Waals surface area contributed by atoms with Crippen molar-refractivity contribution in [1.82, 2.24) is 0 Å². The number of fused-ring (bicyclic) bond motifs is 9. The van der Waals surface area contributed by atoms with Crippen LogP contribution in [0.15, 0.2) is 158 Å². The van der Waals surface area contributed by atoms with E-state index >= 15 is 0 Å². The zero-order chi connectivity index (χ0) is 30.8. The smallest absolute Gasteiger partial charge is 0.0467 e. The van der Waals surface area contributed by atoms with Gasteiger partial charge in [0.1, 0.15) is 0 Å². The van der Waals surface area contributed by atoms with Crippen LogP contribution in [0.4, 0.5) is 11.4 Å². The van der Waals surface area contributed by atoms with Crippen LogP contribution in [0.1, 0.15) is 25.0 Å². The summed E-state index contributed by atoms with van der Waals surface area (Å²) in [6.07, 6.45) is 0. The first-order chi connectivity index (χ1) is 22.6. The molecule has 0 fully saturated rings. The summed E-state index contributed by atoms with van der Waals surface area (Å²) in [5, 5.41) is 11.6. The van der Waals surface area contributed by atoms with E-state index in [9.17, 15) is 0 Å². The van der Waals surface area contributed by atoms with Crippen molar-refractivity contribution in [2.24, 2.45) is 0 Å². The normalized spacial score (nSPS) is 13.2. The van der Waals surface area contributed by atoms with Gasteiger partial charge in [0.15, 0.2) is 0 Å². The Morgan fingerprint density at radius 1 is 0.413 bits per heavy atom. The monoisotopic (exact) mass is 587 g/mol. The van der Waals surface area contributed by atoms with Gasteiger partial charge in [-0.05, 0) is 95.5 Å². The topological polar surface area (TPSA) is 12.0 Å². The lowest BCUT2D eigenvalue weighted by Gasteiger charge is -2.27. The molecule has 1 nitrogen and oxygen atoms in total. The molecule has 1 heteroatoms. The Balaban J connectivity index is 1.28. The van der Waals surface area contributed by atoms with Crippen molar-refractivity contribution in [2.75, 3.05) is 5.32 Å². The molecule has 0 heterocycles. The minimum atomic E-state index is -0.156. The van der Waals surface area contributed by atoms with Gasteiger partial charge in [0.25, 0.3) is 0 Å². The molecule has 0 bridgehead atoms. The summed E-state index contributed by atoms with van der Waals surface area (Å²) in [5.41, 5.74) is 12.4. The molecule has 1 aliphatic rings. The largest absolute Gasteiger partial charge is 0.355 e. The second kappa shape index (κ2) is 10.2. The lowest BCUT2D eigenvalue weighted by Crippen LogP contribution is -2.17. The number of rotatable bonds is 4. The molecule has 0 amide bonds. The van der Waals surface area contributed by atoms with Gasteiger partial charge >= 0.3 is 0 Å². The Labute approximate surface area is 269 Å². The molecule has 0 aromatic heterocycles. The van der Waals surface area contributed by atoms with Crippen LogP contribution < -0.4 is 5.32 Å². The van der Waals surface area contributed by atoms with Gasteiger partial charge in [0.05, 0.1) is 0 Å². The van der Waals surface area contributed by atoms with E-state index in [-0.39, 0.29) is 5.41 Å². The molecular formula is C45H33N. The van der Waals surface area contributed by atoms with E-state index in [1.54, 1.807) is 0 Å². The van der Waals surface area contributed by atoms with E-state index in [2.05, 4.69) is 177 Å². The van der Waals surface area contributed by atoms with Crippen molar-refractivity contribution in [3.05, 3.63) is 169 Å². The van der Waals surface area contributed by atoms with Crippen molar-refractivity contribution in [3.8, 4) is 33.4 Å². The third kappa shape index (κ3) is 4.02. The number of hydrogen-bond acceptors (Lipinski definition) is 1. The number of nitrogens with one attached hydrogen (secondary N) is 1. The van der Waals surface area contributed by atoms with Crippen LogP contribution in [0.2, 0.25) is 0 Å². The maximum Gasteiger partial charge on any atom is 0.0467 e. The highest BCUT2D eigenvalue weighted by molar-refractivity contribution is 6.25. The fourth-order valence-corrected chi connectivity index (χ4v) is 7.87. The molecule has 46 heavy (non-hydrogen) atoms. The second-order valence-corrected chi connectivity index (χ2v) is 13.0. The number of benzene rings is 8. The van der Waals surface area contributed by atoms with Crippen molar-refractivity contribution >= 4 is 43.7 Å². The van der Waals surface area contributed by atoms with Gasteiger partial charge in [-0.3, -0.25) is 0 Å². The van der Waals surface area contributed by atoms with Crippen LogP contribution >= 0.6 is 0 Å². The average molecular weight is 588 g/mol. The molecule has 0 saturated heterocycles. The molecule has 218 valence electrons. The zero-order valence-electron chi connectivity index (χ0n) is 26.0. The molecule has 1 N–H and O–H groups in total. The summed E-state index contributed by atoms with van der Waals surface area (Å²) in [7, 11) is 0. The van der Waals surface area contributed by atoms with Crippen LogP contribution in [-0.4, -0.2) is 0 Å². The Hall–Kier alpha value is -5.66. The highest BCUT2D eigenvalue weighted by atomic mass is 14.9. The first kappa shape index (κ1) is 26.7. The predicted octanol–water partition coefficient (Wildman–Crippen LogP) is 12.5. The van der Waals surface area contributed by atoms with Crippen LogP contribution in [0, 0.1) is 0 Å². The third-order valence-electron chi connectivity index (χ3n) is 10.0. The highest BCUT2D eigenvalue weighted by Crippen LogP contribution is 2.54. The maximum atomic E-state index is 3.86. The lowest BCUT2D eigenvalue weighted by atomic mass is 9.78. The average Bonchev–Trinajstić information content (AvgIpc) is 3.35. The summed E-state index contributed by atoms with van der Waals surface area (Å²) < 4.78 is 0. The fourth-order valence-electron chi connectivity index (χ4n) is 7.87. The highest BCUT2D eigenvalue weighted by Gasteiger charge is 2.38. The van der Waals surface area contributed by atoms with Crippen molar-refractivity contribution in [2.45, 2.75) is 19.3 Å². The van der Waals surface area contributed by atoms with Gasteiger partial charge in [-0.15, -0.1) is 0 Å². The summed E-state index contributed by atoms with van der Waals surface area (Å²) >= 11 is 0. The van der Waals surface area contributed by atoms with Crippen LogP contribution in [0.5, 0.6) is 0 Å². The van der Waals surface area contributed by atoms with Crippen LogP contribution in [0.25, 0.3) is 65.7 Å². The third-order valence-corrected chi connectivity index (χ3v) is 10.0. The van der Waals surface area contributed by atoms with Gasteiger partial charge in [-0.2, -0.15) is 0 Å². The van der Waals surface area contributed by atoms with E-state index in [0.717, 1.165) is 11.4 Å². The van der Waals surface area contributed by atoms with Crippen LogP contribution in [0.3, 0.4) is 0 Å². The number of hydrogen-bond donors (Lipinski definition) is 1. The Morgan fingerprint density at radius 3 is 1.65 bits per heavy atom. The lowest BCUT2D eigenvalue weighted by molar-refractivity contribution is 0.662. The van der Waals surface area contributed by atoms with Crippen molar-refractivity contribution < 1.29 is 0 Å². The molecule has 8 aromatic rings. The minimum Gasteiger partial charge on any atom is -0.355 e. The van der Waals surface area contributed by atoms with E-state index in [4.69, 9.17) is 0 Å². The molecule has 0 aliphatic heterocycles. The van der Waals surface area contributed by atoms with Gasteiger partial charge < -0.3 is 5.32 Å². The Morgan fingerprint density at radius 2 is 0.957 bits per heavy atom. The molecule has 9 rings (SSSR count). The molecule has 1 aliphatic carbocycles. The molecule has 0 saturated carbocycles. The summed E-state index contributed by atoms with van der Waals surface area (Å²) in [6.45, 7) is 4.76. The van der Waals surface area contributed by atoms with Gasteiger partial charge in [-0.25, -0.2) is 0 Å². The molecule has 0 atom stereocenters. The first-order valence-electron chi connectivity index (χ1n) is 16.1. The Kier molecular flexibility index (Phi) is 5.92. The molecule has 0 unspecified atom stereocenters. The summed E-state index contributed by atoms with van der Waals surface area (Å²) in [5.74, 6) is 0. The quantitative estimate of drug-likeness (QED) is 0.202. The van der Waals surface area contributed by atoms with E-state index < -0.39 is 0 Å². The van der Waals surface area contributed by atoms with Gasteiger partial charge in [0.2, 0.25) is 0 Å². The summed E-state index contributed by atoms with van der Waals surface area (Å²) in [6, 6.07) is 57.6. The predicted molar refractivity (Wildman–Crippen MR) is 197 cm³/mol. The molecule has 8 aromatic carbocycles. The van der Waals surface area contributed by atoms with Gasteiger partial charge in [-0.1, -0.05) is 147 Å². The Bertz CT molecular complexity index is 2410. The van der Waals surface area contributed by atoms with Crippen molar-refractivity contribution in [3.63, 3.8) is 0 Å². The van der Waals surface area contributed by atoms with Crippen molar-refractivity contribution in [1.29, 1.82) is 0 Å². The SMILES string of the molecule is CC1(C)c2ccccc2-c2ccc(Nc3ccc(-c4ccccc4)cc3)c(-c3ccc4c5ccccc5c5ccccc5c4c3)c21. The molecular weight excluding hydrogens is 555 g/mol. The second-order valence-electron chi connectivity index (χ2n) is 13.0. The van der Waals surface area contributed by atoms with E-state index in [1.807, 2.05) is 0 Å². The fraction of sp³-hybridized carbons (Fsp3) is 0.0667.